The molecule has 0 amide bonds. The first-order valence-electron chi connectivity index (χ1n) is 11.5. The fraction of sp³-hybridized carbons (Fsp3) is 0.375. The van der Waals surface area contributed by atoms with E-state index in [2.05, 4.69) is 56.6 Å². The van der Waals surface area contributed by atoms with Crippen molar-refractivity contribution in [3.63, 3.8) is 0 Å². The number of hydrogen-bond acceptors (Lipinski definition) is 7. The van der Waals surface area contributed by atoms with Crippen molar-refractivity contribution in [1.29, 1.82) is 0 Å². The lowest BCUT2D eigenvalue weighted by molar-refractivity contribution is 0.214. The summed E-state index contributed by atoms with van der Waals surface area (Å²) in [4.78, 5) is 2.41. The number of benzene rings is 2. The van der Waals surface area contributed by atoms with E-state index in [0.717, 1.165) is 52.4 Å². The van der Waals surface area contributed by atoms with Crippen molar-refractivity contribution in [2.24, 2.45) is 0 Å². The van der Waals surface area contributed by atoms with Gasteiger partial charge in [-0.2, -0.15) is 4.68 Å². The van der Waals surface area contributed by atoms with Crippen LogP contribution in [-0.4, -0.2) is 53.0 Å². The van der Waals surface area contributed by atoms with Crippen LogP contribution in [-0.2, 0) is 12.3 Å². The van der Waals surface area contributed by atoms with E-state index in [-0.39, 0.29) is 5.82 Å². The Bertz CT molecular complexity index is 1240. The van der Waals surface area contributed by atoms with Crippen LogP contribution in [0.2, 0.25) is 0 Å². The number of hydrogen-bond donors (Lipinski definition) is 0. The Balaban J connectivity index is 1.43. The lowest BCUT2D eigenvalue weighted by Crippen LogP contribution is -2.30. The second-order valence-corrected chi connectivity index (χ2v) is 9.53. The molecule has 1 fully saturated rings. The predicted octanol–water partition coefficient (Wildman–Crippen LogP) is 4.28. The minimum atomic E-state index is -0.267. The van der Waals surface area contributed by atoms with Crippen LogP contribution >= 0.6 is 11.8 Å². The number of aromatic nitrogens is 7. The molecular weight excluding hydrogens is 451 g/mol. The number of rotatable bonds is 7. The van der Waals surface area contributed by atoms with E-state index in [0.29, 0.717) is 12.3 Å². The van der Waals surface area contributed by atoms with Crippen molar-refractivity contribution in [3.8, 4) is 11.4 Å². The van der Waals surface area contributed by atoms with Gasteiger partial charge in [0.1, 0.15) is 5.82 Å². The lowest BCUT2D eigenvalue weighted by Gasteiger charge is -2.26. The number of halogens is 1. The first-order valence-corrected chi connectivity index (χ1v) is 12.5. The van der Waals surface area contributed by atoms with E-state index in [1.54, 1.807) is 16.8 Å². The largest absolute Gasteiger partial charge is 0.296 e. The third kappa shape index (κ3) is 4.74. The zero-order chi connectivity index (χ0) is 23.5. The second kappa shape index (κ2) is 10.0. The quantitative estimate of drug-likeness (QED) is 0.367. The molecule has 0 atom stereocenters. The maximum absolute atomic E-state index is 13.6. The summed E-state index contributed by atoms with van der Waals surface area (Å²) in [5, 5.41) is 22.2. The normalized spacial score (nSPS) is 14.6. The Labute approximate surface area is 202 Å². The van der Waals surface area contributed by atoms with Gasteiger partial charge in [-0.1, -0.05) is 36.4 Å². The van der Waals surface area contributed by atoms with E-state index in [4.69, 9.17) is 0 Å². The Kier molecular flexibility index (Phi) is 6.68. The van der Waals surface area contributed by atoms with Crippen LogP contribution in [0.5, 0.6) is 0 Å². The molecule has 0 N–H and O–H groups in total. The van der Waals surface area contributed by atoms with Gasteiger partial charge in [-0.15, -0.1) is 15.3 Å². The van der Waals surface area contributed by atoms with Crippen LogP contribution in [0.1, 0.15) is 42.0 Å². The first-order chi connectivity index (χ1) is 16.6. The van der Waals surface area contributed by atoms with Gasteiger partial charge in [-0.3, -0.25) is 9.47 Å². The molecule has 4 aromatic rings. The van der Waals surface area contributed by atoms with Gasteiger partial charge in [0.05, 0.1) is 18.0 Å². The fourth-order valence-electron chi connectivity index (χ4n) is 4.40. The molecule has 3 heterocycles. The Morgan fingerprint density at radius 3 is 2.35 bits per heavy atom. The minimum absolute atomic E-state index is 0.267. The highest BCUT2D eigenvalue weighted by atomic mass is 32.2. The van der Waals surface area contributed by atoms with Gasteiger partial charge in [-0.05, 0) is 85.6 Å². The van der Waals surface area contributed by atoms with E-state index in [9.17, 15) is 4.39 Å². The minimum Gasteiger partial charge on any atom is -0.296 e. The lowest BCUT2D eigenvalue weighted by atomic mass is 10.1. The van der Waals surface area contributed by atoms with Crippen LogP contribution in [0.3, 0.4) is 0 Å². The summed E-state index contributed by atoms with van der Waals surface area (Å²) in [5.74, 6) is 1.83. The highest BCUT2D eigenvalue weighted by Gasteiger charge is 2.20. The fourth-order valence-corrected chi connectivity index (χ4v) is 5.28. The number of aryl methyl sites for hydroxylation is 2. The smallest absolute Gasteiger partial charge is 0.196 e. The third-order valence-corrected chi connectivity index (χ3v) is 7.04. The molecule has 0 spiro atoms. The Morgan fingerprint density at radius 2 is 1.62 bits per heavy atom. The summed E-state index contributed by atoms with van der Waals surface area (Å²) in [5.41, 5.74) is 4.05. The number of piperidine rings is 1. The van der Waals surface area contributed by atoms with Crippen molar-refractivity contribution >= 4 is 11.8 Å². The maximum Gasteiger partial charge on any atom is 0.196 e. The van der Waals surface area contributed by atoms with Crippen LogP contribution in [0.15, 0.2) is 47.6 Å². The highest BCUT2D eigenvalue weighted by Crippen LogP contribution is 2.27. The van der Waals surface area contributed by atoms with E-state index in [1.807, 2.05) is 10.6 Å². The molecule has 1 aliphatic rings. The van der Waals surface area contributed by atoms with Crippen LogP contribution in [0.25, 0.3) is 11.4 Å². The molecule has 176 valence electrons. The predicted molar refractivity (Wildman–Crippen MR) is 129 cm³/mol. The molecule has 5 rings (SSSR count). The molecule has 2 aromatic heterocycles. The highest BCUT2D eigenvalue weighted by molar-refractivity contribution is 7.98. The summed E-state index contributed by atoms with van der Waals surface area (Å²) in [6.07, 6.45) is 3.68. The molecule has 0 bridgehead atoms. The molecule has 0 aliphatic carbocycles. The number of tetrazole rings is 1. The molecule has 2 aromatic carbocycles. The Hall–Kier alpha value is -3.11. The van der Waals surface area contributed by atoms with Gasteiger partial charge < -0.3 is 0 Å². The number of likely N-dealkylation sites (tertiary alicyclic amines) is 1. The van der Waals surface area contributed by atoms with Crippen LogP contribution < -0.4 is 0 Å². The van der Waals surface area contributed by atoms with Crippen molar-refractivity contribution in [3.05, 3.63) is 71.1 Å². The Morgan fingerprint density at radius 1 is 0.882 bits per heavy atom. The summed E-state index contributed by atoms with van der Waals surface area (Å²) in [6.45, 7) is 6.94. The number of thioether (sulfide) groups is 1. The van der Waals surface area contributed by atoms with Gasteiger partial charge in [-0.25, -0.2) is 4.39 Å². The zero-order valence-electron chi connectivity index (χ0n) is 19.4. The molecule has 0 radical (unpaired) electrons. The molecule has 1 saturated heterocycles. The van der Waals surface area contributed by atoms with Crippen molar-refractivity contribution in [2.75, 3.05) is 13.1 Å². The molecule has 1 aliphatic heterocycles. The topological polar surface area (TPSA) is 77.5 Å². The molecule has 8 nitrogen and oxygen atoms in total. The summed E-state index contributed by atoms with van der Waals surface area (Å²) < 4.78 is 17.4. The number of para-hydroxylation sites is 1. The SMILES string of the molecule is Cc1cccc(C)c1-n1nnnc1CSc1nnc(CN2CCCCC2)n1-c1ccc(F)cc1. The second-order valence-electron chi connectivity index (χ2n) is 8.58. The van der Waals surface area contributed by atoms with Gasteiger partial charge in [0, 0.05) is 5.69 Å². The van der Waals surface area contributed by atoms with Gasteiger partial charge in [0.25, 0.3) is 0 Å². The van der Waals surface area contributed by atoms with Crippen LogP contribution in [0, 0.1) is 19.7 Å². The zero-order valence-corrected chi connectivity index (χ0v) is 20.2. The maximum atomic E-state index is 13.6. The summed E-state index contributed by atoms with van der Waals surface area (Å²) >= 11 is 1.52. The van der Waals surface area contributed by atoms with E-state index < -0.39 is 0 Å². The average Bonchev–Trinajstić information content (AvgIpc) is 3.46. The first kappa shape index (κ1) is 22.7. The summed E-state index contributed by atoms with van der Waals surface area (Å²) in [6, 6.07) is 12.6. The monoisotopic (exact) mass is 478 g/mol. The molecule has 0 unspecified atom stereocenters. The van der Waals surface area contributed by atoms with Gasteiger partial charge in [0.15, 0.2) is 16.8 Å². The average molecular weight is 479 g/mol. The summed E-state index contributed by atoms with van der Waals surface area (Å²) in [7, 11) is 0. The molecular formula is C24H27FN8S. The number of nitrogens with zero attached hydrogens (tertiary/aromatic N) is 8. The third-order valence-electron chi connectivity index (χ3n) is 6.11. The molecule has 34 heavy (non-hydrogen) atoms. The van der Waals surface area contributed by atoms with Crippen molar-refractivity contribution in [1.82, 2.24) is 39.9 Å². The molecule has 0 saturated carbocycles. The van der Waals surface area contributed by atoms with Crippen molar-refractivity contribution in [2.45, 2.75) is 50.6 Å². The molecule has 10 heteroatoms. The van der Waals surface area contributed by atoms with Gasteiger partial charge >= 0.3 is 0 Å². The standard InChI is InChI=1S/C24H27FN8S/c1-17-7-6-8-18(2)23(17)33-22(27-29-30-33)16-34-24-28-26-21(15-31-13-4-3-5-14-31)32(24)20-11-9-19(25)10-12-20/h6-12H,3-5,13-16H2,1-2H3. The van der Waals surface area contributed by atoms with Gasteiger partial charge in [0.2, 0.25) is 0 Å². The van der Waals surface area contributed by atoms with E-state index >= 15 is 0 Å². The van der Waals surface area contributed by atoms with Crippen LogP contribution in [0.4, 0.5) is 4.39 Å². The van der Waals surface area contributed by atoms with Crippen molar-refractivity contribution < 1.29 is 4.39 Å². The van der Waals surface area contributed by atoms with E-state index in [1.165, 1.54) is 43.2 Å².